The molecule has 0 spiro atoms. The first-order valence-electron chi connectivity index (χ1n) is 8.23. The van der Waals surface area contributed by atoms with E-state index in [-0.39, 0.29) is 17.4 Å². The zero-order chi connectivity index (χ0) is 18.7. The van der Waals surface area contributed by atoms with Crippen LogP contribution < -0.4 is 0 Å². The Morgan fingerprint density at radius 3 is 2.88 bits per heavy atom. The number of carbonyl (C=O) groups is 1. The third-order valence-corrected chi connectivity index (χ3v) is 5.44. The molecule has 0 N–H and O–H groups in total. The maximum absolute atomic E-state index is 12.2. The van der Waals surface area contributed by atoms with Crippen molar-refractivity contribution in [2.24, 2.45) is 10.3 Å². The van der Waals surface area contributed by atoms with Crippen molar-refractivity contribution in [3.63, 3.8) is 0 Å². The number of carbonyl (C=O) groups excluding carboxylic acids is 1. The SMILES string of the molecule is Cc1cccc(C(=O)OCCN(C)C2=NS(=O)(=O)C3=CC2C=CC=C3)c1. The van der Waals surface area contributed by atoms with Gasteiger partial charge in [-0.1, -0.05) is 35.9 Å². The third-order valence-electron chi connectivity index (χ3n) is 4.15. The lowest BCUT2D eigenvalue weighted by Crippen LogP contribution is -2.37. The molecule has 1 aromatic rings. The van der Waals surface area contributed by atoms with E-state index in [2.05, 4.69) is 4.40 Å². The number of fused-ring (bicyclic) bond motifs is 1. The smallest absolute Gasteiger partial charge is 0.338 e. The van der Waals surface area contributed by atoms with Crippen molar-refractivity contribution < 1.29 is 17.9 Å². The van der Waals surface area contributed by atoms with Crippen LogP contribution >= 0.6 is 0 Å². The Bertz CT molecular complexity index is 942. The van der Waals surface area contributed by atoms with E-state index in [1.54, 1.807) is 48.4 Å². The van der Waals surface area contributed by atoms with Crippen molar-refractivity contribution in [3.05, 3.63) is 70.7 Å². The van der Waals surface area contributed by atoms with Crippen LogP contribution in [-0.4, -0.2) is 45.3 Å². The van der Waals surface area contributed by atoms with Crippen molar-refractivity contribution in [1.82, 2.24) is 4.90 Å². The van der Waals surface area contributed by atoms with Crippen molar-refractivity contribution in [1.29, 1.82) is 0 Å². The Kier molecular flexibility index (Phi) is 5.08. The normalized spacial score (nSPS) is 20.0. The third kappa shape index (κ3) is 3.94. The number of allylic oxidation sites excluding steroid dienone is 3. The number of esters is 1. The molecule has 3 rings (SSSR count). The maximum atomic E-state index is 12.2. The number of ether oxygens (including phenoxy) is 1. The average Bonchev–Trinajstić information content (AvgIpc) is 2.83. The molecular formula is C19H20N2O4S. The lowest BCUT2D eigenvalue weighted by Gasteiger charge is -2.26. The molecular weight excluding hydrogens is 352 g/mol. The van der Waals surface area contributed by atoms with Gasteiger partial charge >= 0.3 is 5.97 Å². The molecule has 0 saturated carbocycles. The van der Waals surface area contributed by atoms with Crippen LogP contribution in [0.3, 0.4) is 0 Å². The van der Waals surface area contributed by atoms with Crippen molar-refractivity contribution in [3.8, 4) is 0 Å². The van der Waals surface area contributed by atoms with Gasteiger partial charge in [0.2, 0.25) is 0 Å². The van der Waals surface area contributed by atoms with Gasteiger partial charge in [-0.25, -0.2) is 4.79 Å². The average molecular weight is 372 g/mol. The Morgan fingerprint density at radius 2 is 2.12 bits per heavy atom. The van der Waals surface area contributed by atoms with E-state index >= 15 is 0 Å². The Hall–Kier alpha value is -2.67. The summed E-state index contributed by atoms with van der Waals surface area (Å²) in [5.41, 5.74) is 1.48. The molecule has 7 heteroatoms. The first-order valence-corrected chi connectivity index (χ1v) is 9.67. The molecule has 0 aromatic heterocycles. The molecule has 2 bridgehead atoms. The molecule has 0 radical (unpaired) electrons. The van der Waals surface area contributed by atoms with Crippen molar-refractivity contribution in [2.45, 2.75) is 6.92 Å². The summed E-state index contributed by atoms with van der Waals surface area (Å²) in [5.74, 6) is -0.206. The van der Waals surface area contributed by atoms with Gasteiger partial charge in [0.1, 0.15) is 12.4 Å². The number of aryl methyl sites for hydroxylation is 1. The highest BCUT2D eigenvalue weighted by atomic mass is 32.2. The van der Waals surface area contributed by atoms with Crippen molar-refractivity contribution >= 4 is 21.8 Å². The van der Waals surface area contributed by atoms with Crippen LogP contribution in [0.1, 0.15) is 15.9 Å². The second-order valence-electron chi connectivity index (χ2n) is 6.19. The molecule has 0 fully saturated rings. The summed E-state index contributed by atoms with van der Waals surface area (Å²) in [4.78, 5) is 14.0. The van der Waals surface area contributed by atoms with E-state index in [9.17, 15) is 13.2 Å². The van der Waals surface area contributed by atoms with E-state index in [0.29, 0.717) is 17.9 Å². The summed E-state index contributed by atoms with van der Waals surface area (Å²) in [7, 11) is -1.95. The molecule has 136 valence electrons. The quantitative estimate of drug-likeness (QED) is 0.759. The van der Waals surface area contributed by atoms with Crippen LogP contribution in [0, 0.1) is 12.8 Å². The molecule has 1 atom stereocenters. The second-order valence-corrected chi connectivity index (χ2v) is 7.79. The van der Waals surface area contributed by atoms with Gasteiger partial charge in [0.05, 0.1) is 22.9 Å². The minimum atomic E-state index is -3.69. The second kappa shape index (κ2) is 7.29. The first-order chi connectivity index (χ1) is 12.4. The standard InChI is InChI=1S/C19H20N2O4S/c1-14-6-5-8-16(12-14)19(22)25-11-10-21(2)18-15-7-3-4-9-17(13-15)26(23,24)20-18/h3-9,12-13,15H,10-11H2,1-2H3. The van der Waals surface area contributed by atoms with Crippen LogP contribution in [0.5, 0.6) is 0 Å². The van der Waals surface area contributed by atoms with Gasteiger partial charge in [0, 0.05) is 7.05 Å². The molecule has 1 heterocycles. The molecule has 1 unspecified atom stereocenters. The number of sulfonamides is 1. The monoisotopic (exact) mass is 372 g/mol. The van der Waals surface area contributed by atoms with Gasteiger partial charge < -0.3 is 9.64 Å². The van der Waals surface area contributed by atoms with E-state index in [0.717, 1.165) is 5.56 Å². The predicted molar refractivity (Wildman–Crippen MR) is 100 cm³/mol. The van der Waals surface area contributed by atoms with Crippen LogP contribution in [0.25, 0.3) is 0 Å². The highest BCUT2D eigenvalue weighted by molar-refractivity contribution is 7.94. The summed E-state index contributed by atoms with van der Waals surface area (Å²) in [6.45, 7) is 2.38. The summed E-state index contributed by atoms with van der Waals surface area (Å²) < 4.78 is 33.6. The molecule has 26 heavy (non-hydrogen) atoms. The number of benzene rings is 1. The number of rotatable bonds is 4. The van der Waals surface area contributed by atoms with E-state index < -0.39 is 16.0 Å². The van der Waals surface area contributed by atoms with Crippen molar-refractivity contribution in [2.75, 3.05) is 20.2 Å². The molecule has 0 amide bonds. The zero-order valence-electron chi connectivity index (χ0n) is 14.6. The van der Waals surface area contributed by atoms with Gasteiger partial charge in [-0.15, -0.1) is 4.40 Å². The lowest BCUT2D eigenvalue weighted by atomic mass is 10.1. The number of nitrogens with zero attached hydrogens (tertiary/aromatic N) is 2. The lowest BCUT2D eigenvalue weighted by molar-refractivity contribution is 0.0491. The van der Waals surface area contributed by atoms with Crippen LogP contribution in [-0.2, 0) is 14.8 Å². The maximum Gasteiger partial charge on any atom is 0.338 e. The Labute approximate surface area is 153 Å². The number of hydrogen-bond acceptors (Lipinski definition) is 5. The first kappa shape index (κ1) is 18.1. The Morgan fingerprint density at radius 1 is 1.31 bits per heavy atom. The van der Waals surface area contributed by atoms with Gasteiger partial charge in [0.15, 0.2) is 0 Å². The fourth-order valence-corrected chi connectivity index (χ4v) is 3.94. The van der Waals surface area contributed by atoms with Crippen LogP contribution in [0.2, 0.25) is 0 Å². The van der Waals surface area contributed by atoms with E-state index in [4.69, 9.17) is 4.74 Å². The molecule has 2 aliphatic rings. The van der Waals surface area contributed by atoms with Crippen LogP contribution in [0.4, 0.5) is 0 Å². The largest absolute Gasteiger partial charge is 0.460 e. The fourth-order valence-electron chi connectivity index (χ4n) is 2.76. The molecule has 0 saturated heterocycles. The number of hydrogen-bond donors (Lipinski definition) is 0. The summed E-state index contributed by atoms with van der Waals surface area (Å²) in [6.07, 6.45) is 8.58. The number of likely N-dealkylation sites (N-methyl/N-ethyl adjacent to an activating group) is 1. The predicted octanol–water partition coefficient (Wildman–Crippen LogP) is 2.45. The van der Waals surface area contributed by atoms with Gasteiger partial charge in [-0.05, 0) is 31.2 Å². The van der Waals surface area contributed by atoms with Gasteiger partial charge in [0.25, 0.3) is 10.0 Å². The molecule has 1 aliphatic heterocycles. The molecule has 6 nitrogen and oxygen atoms in total. The van der Waals surface area contributed by atoms with E-state index in [1.807, 2.05) is 19.1 Å². The van der Waals surface area contributed by atoms with Gasteiger partial charge in [-0.2, -0.15) is 8.42 Å². The highest BCUT2D eigenvalue weighted by Crippen LogP contribution is 2.26. The summed E-state index contributed by atoms with van der Waals surface area (Å²) in [6, 6.07) is 7.17. The zero-order valence-corrected chi connectivity index (χ0v) is 15.4. The fraction of sp³-hybridized carbons (Fsp3) is 0.263. The topological polar surface area (TPSA) is 76.0 Å². The minimum absolute atomic E-state index is 0.133. The minimum Gasteiger partial charge on any atom is -0.460 e. The molecule has 1 aliphatic carbocycles. The van der Waals surface area contributed by atoms with Crippen LogP contribution in [0.15, 0.2) is 63.9 Å². The van der Waals surface area contributed by atoms with Gasteiger partial charge in [-0.3, -0.25) is 0 Å². The summed E-state index contributed by atoms with van der Waals surface area (Å²) >= 11 is 0. The number of amidine groups is 1. The molecule has 1 aromatic carbocycles. The highest BCUT2D eigenvalue weighted by Gasteiger charge is 2.28. The Balaban J connectivity index is 1.63. The summed E-state index contributed by atoms with van der Waals surface area (Å²) in [5, 5.41) is 0. The van der Waals surface area contributed by atoms with E-state index in [1.165, 1.54) is 6.08 Å².